The Hall–Kier alpha value is -4.45. The smallest absolute Gasteiger partial charge is 0.273 e. The molecule has 0 saturated carbocycles. The van der Waals surface area contributed by atoms with Crippen LogP contribution < -0.4 is 5.73 Å². The van der Waals surface area contributed by atoms with Gasteiger partial charge in [0.1, 0.15) is 23.4 Å². The van der Waals surface area contributed by atoms with Crippen LogP contribution in [0.15, 0.2) is 55.1 Å². The van der Waals surface area contributed by atoms with E-state index in [0.717, 1.165) is 10.9 Å². The van der Waals surface area contributed by atoms with E-state index in [0.29, 0.717) is 28.4 Å². The molecule has 4 aromatic rings. The van der Waals surface area contributed by atoms with Crippen molar-refractivity contribution in [3.63, 3.8) is 0 Å². The maximum Gasteiger partial charge on any atom is 0.273 e. The van der Waals surface area contributed by atoms with E-state index < -0.39 is 6.04 Å². The average molecular weight is 424 g/mol. The first-order valence-corrected chi connectivity index (χ1v) is 9.92. The summed E-state index contributed by atoms with van der Waals surface area (Å²) in [4.78, 5) is 36.7. The van der Waals surface area contributed by atoms with Crippen molar-refractivity contribution in [2.45, 2.75) is 26.4 Å². The zero-order valence-electron chi connectivity index (χ0n) is 17.6. The quantitative estimate of drug-likeness (QED) is 0.517. The van der Waals surface area contributed by atoms with Gasteiger partial charge in [0.2, 0.25) is 0 Å². The molecule has 158 valence electrons. The van der Waals surface area contributed by atoms with Gasteiger partial charge in [-0.05, 0) is 49.7 Å². The number of aryl methyl sites for hydroxylation is 1. The van der Waals surface area contributed by atoms with Crippen molar-refractivity contribution in [2.24, 2.45) is 0 Å². The Bertz CT molecular complexity index is 1320. The molecular weight excluding hydrogens is 404 g/mol. The van der Waals surface area contributed by atoms with E-state index in [1.807, 2.05) is 26.0 Å². The number of nitrogen functional groups attached to an aromatic ring is 1. The molecule has 4 aromatic heterocycles. The lowest BCUT2D eigenvalue weighted by Gasteiger charge is -2.28. The molecule has 1 amide bonds. The second-order valence-corrected chi connectivity index (χ2v) is 7.32. The molecule has 0 radical (unpaired) electrons. The zero-order valence-corrected chi connectivity index (χ0v) is 17.6. The van der Waals surface area contributed by atoms with Crippen LogP contribution in [0.5, 0.6) is 0 Å². The Morgan fingerprint density at radius 2 is 1.94 bits per heavy atom. The third-order valence-corrected chi connectivity index (χ3v) is 5.12. The summed E-state index contributed by atoms with van der Waals surface area (Å²) in [7, 11) is 0. The van der Waals surface area contributed by atoms with Crippen LogP contribution in [0.25, 0.3) is 10.9 Å². The van der Waals surface area contributed by atoms with E-state index in [1.165, 1.54) is 6.20 Å². The zero-order chi connectivity index (χ0) is 22.7. The standard InChI is InChI=1S/C23H20N8O/c1-14-8-17-9-19(29-12-20(17)30-21(14)25)23(32)31(15(2)22-26-6-3-7-27-22)13-18-5-4-16(10-24)11-28-18/h3-9,11-12,15H,13H2,1-2H3,(H2,25,30). The number of amides is 1. The number of pyridine rings is 3. The lowest BCUT2D eigenvalue weighted by atomic mass is 10.1. The molecular formula is C23H20N8O. The number of hydrogen-bond donors (Lipinski definition) is 1. The van der Waals surface area contributed by atoms with Crippen molar-refractivity contribution in [3.05, 3.63) is 83.5 Å². The molecule has 0 saturated heterocycles. The maximum absolute atomic E-state index is 13.6. The maximum atomic E-state index is 13.6. The summed E-state index contributed by atoms with van der Waals surface area (Å²) in [5.74, 6) is 0.634. The van der Waals surface area contributed by atoms with Crippen LogP contribution in [0.4, 0.5) is 5.82 Å². The minimum atomic E-state index is -0.440. The summed E-state index contributed by atoms with van der Waals surface area (Å²) in [6, 6.07) is 10.3. The van der Waals surface area contributed by atoms with Gasteiger partial charge in [-0.1, -0.05) is 0 Å². The van der Waals surface area contributed by atoms with Gasteiger partial charge in [0.25, 0.3) is 5.91 Å². The van der Waals surface area contributed by atoms with Gasteiger partial charge in [0.15, 0.2) is 0 Å². The fourth-order valence-corrected chi connectivity index (χ4v) is 3.27. The largest absolute Gasteiger partial charge is 0.383 e. The van der Waals surface area contributed by atoms with Crippen molar-refractivity contribution < 1.29 is 4.79 Å². The Morgan fingerprint density at radius 1 is 1.16 bits per heavy atom. The third kappa shape index (κ3) is 4.20. The average Bonchev–Trinajstić information content (AvgIpc) is 2.83. The first-order valence-electron chi connectivity index (χ1n) is 9.92. The van der Waals surface area contributed by atoms with Crippen molar-refractivity contribution in [1.29, 1.82) is 5.26 Å². The van der Waals surface area contributed by atoms with Gasteiger partial charge >= 0.3 is 0 Å². The first-order chi connectivity index (χ1) is 15.5. The molecule has 0 bridgehead atoms. The monoisotopic (exact) mass is 424 g/mol. The van der Waals surface area contributed by atoms with Gasteiger partial charge in [-0.15, -0.1) is 0 Å². The van der Waals surface area contributed by atoms with Crippen LogP contribution in [0.2, 0.25) is 0 Å². The molecule has 1 unspecified atom stereocenters. The van der Waals surface area contributed by atoms with Crippen molar-refractivity contribution >= 4 is 22.6 Å². The number of anilines is 1. The molecule has 1 atom stereocenters. The molecule has 0 spiro atoms. The van der Waals surface area contributed by atoms with E-state index in [2.05, 4.69) is 24.9 Å². The summed E-state index contributed by atoms with van der Waals surface area (Å²) in [5, 5.41) is 9.79. The van der Waals surface area contributed by atoms with E-state index >= 15 is 0 Å². The number of nitrogens with two attached hydrogens (primary N) is 1. The second kappa shape index (κ2) is 8.73. The van der Waals surface area contributed by atoms with Crippen molar-refractivity contribution in [2.75, 3.05) is 5.73 Å². The second-order valence-electron chi connectivity index (χ2n) is 7.32. The molecule has 0 aliphatic carbocycles. The topological polar surface area (TPSA) is 135 Å². The van der Waals surface area contributed by atoms with Crippen LogP contribution in [-0.2, 0) is 6.54 Å². The van der Waals surface area contributed by atoms with Crippen molar-refractivity contribution in [3.8, 4) is 6.07 Å². The normalized spacial score (nSPS) is 11.7. The molecule has 0 aliphatic rings. The summed E-state index contributed by atoms with van der Waals surface area (Å²) in [6.45, 7) is 3.91. The van der Waals surface area contributed by atoms with Gasteiger partial charge in [-0.3, -0.25) is 9.78 Å². The molecule has 9 nitrogen and oxygen atoms in total. The molecule has 4 heterocycles. The minimum Gasteiger partial charge on any atom is -0.383 e. The van der Waals surface area contributed by atoms with Crippen LogP contribution in [0, 0.1) is 18.3 Å². The first kappa shape index (κ1) is 20.8. The number of rotatable bonds is 5. The number of carbonyl (C=O) groups excluding carboxylic acids is 1. The van der Waals surface area contributed by atoms with E-state index in [4.69, 9.17) is 11.0 Å². The predicted octanol–water partition coefficient (Wildman–Crippen LogP) is 2.98. The van der Waals surface area contributed by atoms with E-state index in [-0.39, 0.29) is 18.1 Å². The Kier molecular flexibility index (Phi) is 5.68. The SMILES string of the molecule is Cc1cc2cc(C(=O)N(Cc3ccc(C#N)cn3)C(C)c3ncccn3)ncc2nc1N. The Morgan fingerprint density at radius 3 is 2.62 bits per heavy atom. The Labute approximate surface area is 184 Å². The molecule has 0 fully saturated rings. The lowest BCUT2D eigenvalue weighted by Crippen LogP contribution is -2.34. The van der Waals surface area contributed by atoms with Crippen LogP contribution in [0.3, 0.4) is 0 Å². The van der Waals surface area contributed by atoms with Gasteiger partial charge in [0, 0.05) is 24.0 Å². The number of hydrogen-bond acceptors (Lipinski definition) is 8. The number of aromatic nitrogens is 5. The van der Waals surface area contributed by atoms with Crippen LogP contribution in [-0.4, -0.2) is 35.7 Å². The summed E-state index contributed by atoms with van der Waals surface area (Å²) in [5.41, 5.74) is 8.67. The fraction of sp³-hybridized carbons (Fsp3) is 0.174. The number of carbonyl (C=O) groups is 1. The molecule has 9 heteroatoms. The molecule has 2 N–H and O–H groups in total. The summed E-state index contributed by atoms with van der Waals surface area (Å²) in [6.07, 6.45) is 6.29. The van der Waals surface area contributed by atoms with E-state index in [9.17, 15) is 4.79 Å². The molecule has 0 aromatic carbocycles. The third-order valence-electron chi connectivity index (χ3n) is 5.12. The number of fused-ring (bicyclic) bond motifs is 1. The minimum absolute atomic E-state index is 0.197. The summed E-state index contributed by atoms with van der Waals surface area (Å²) < 4.78 is 0. The molecule has 32 heavy (non-hydrogen) atoms. The highest BCUT2D eigenvalue weighted by molar-refractivity contribution is 5.96. The molecule has 0 aliphatic heterocycles. The fourth-order valence-electron chi connectivity index (χ4n) is 3.27. The lowest BCUT2D eigenvalue weighted by molar-refractivity contribution is 0.0657. The van der Waals surface area contributed by atoms with Crippen LogP contribution >= 0.6 is 0 Å². The van der Waals surface area contributed by atoms with Gasteiger partial charge in [-0.2, -0.15) is 5.26 Å². The van der Waals surface area contributed by atoms with Gasteiger partial charge < -0.3 is 10.6 Å². The number of nitriles is 1. The van der Waals surface area contributed by atoms with Gasteiger partial charge in [0.05, 0.1) is 35.6 Å². The number of nitrogens with zero attached hydrogens (tertiary/aromatic N) is 7. The Balaban J connectivity index is 1.72. The highest BCUT2D eigenvalue weighted by Crippen LogP contribution is 2.23. The molecule has 4 rings (SSSR count). The van der Waals surface area contributed by atoms with Crippen molar-refractivity contribution in [1.82, 2.24) is 29.8 Å². The highest BCUT2D eigenvalue weighted by Gasteiger charge is 2.26. The highest BCUT2D eigenvalue weighted by atomic mass is 16.2. The summed E-state index contributed by atoms with van der Waals surface area (Å²) >= 11 is 0. The predicted molar refractivity (Wildman–Crippen MR) is 118 cm³/mol. The van der Waals surface area contributed by atoms with Crippen LogP contribution in [0.1, 0.15) is 46.1 Å². The van der Waals surface area contributed by atoms with E-state index in [1.54, 1.807) is 47.8 Å². The van der Waals surface area contributed by atoms with Gasteiger partial charge in [-0.25, -0.2) is 19.9 Å².